The van der Waals surface area contributed by atoms with E-state index in [-0.39, 0.29) is 0 Å². The maximum Gasteiger partial charge on any atom is 0.00107 e. The minimum Gasteiger partial charge on any atom is -0.316 e. The molecule has 1 aromatic rings. The van der Waals surface area contributed by atoms with Crippen molar-refractivity contribution in [2.24, 2.45) is 11.3 Å². The van der Waals surface area contributed by atoms with E-state index in [1.807, 2.05) is 0 Å². The third-order valence-corrected chi connectivity index (χ3v) is 5.06. The molecule has 2 saturated carbocycles. The van der Waals surface area contributed by atoms with E-state index in [0.29, 0.717) is 5.41 Å². The fourth-order valence-electron chi connectivity index (χ4n) is 3.76. The number of hydrogen-bond donors (Lipinski definition) is 1. The quantitative estimate of drug-likeness (QED) is 0.746. The van der Waals surface area contributed by atoms with E-state index in [9.17, 15) is 0 Å². The Morgan fingerprint density at radius 1 is 1.22 bits per heavy atom. The Balaban J connectivity index is 1.61. The smallest absolute Gasteiger partial charge is 0.00107 e. The summed E-state index contributed by atoms with van der Waals surface area (Å²) in [6.07, 6.45) is 7.04. The van der Waals surface area contributed by atoms with Crippen molar-refractivity contribution in [1.29, 1.82) is 0 Å². The van der Waals surface area contributed by atoms with Gasteiger partial charge in [0.2, 0.25) is 0 Å². The predicted molar refractivity (Wildman–Crippen MR) is 76.7 cm³/mol. The molecule has 0 aromatic heterocycles. The molecular weight excluding hydrogens is 218 g/mol. The molecule has 2 atom stereocenters. The van der Waals surface area contributed by atoms with Crippen molar-refractivity contribution in [1.82, 2.24) is 5.32 Å². The van der Waals surface area contributed by atoms with Crippen molar-refractivity contribution in [3.8, 4) is 0 Å². The van der Waals surface area contributed by atoms with Crippen LogP contribution in [0.15, 0.2) is 30.3 Å². The van der Waals surface area contributed by atoms with Crippen LogP contribution in [0, 0.1) is 11.3 Å². The largest absolute Gasteiger partial charge is 0.316 e. The second-order valence-electron chi connectivity index (χ2n) is 6.25. The summed E-state index contributed by atoms with van der Waals surface area (Å²) in [6.45, 7) is 4.70. The lowest BCUT2D eigenvalue weighted by Gasteiger charge is -2.43. The van der Waals surface area contributed by atoms with Gasteiger partial charge in [0, 0.05) is 6.54 Å². The highest BCUT2D eigenvalue weighted by atomic mass is 14.9. The summed E-state index contributed by atoms with van der Waals surface area (Å²) in [7, 11) is 0. The van der Waals surface area contributed by atoms with Crippen LogP contribution in [0.1, 0.15) is 50.5 Å². The molecule has 2 fully saturated rings. The summed E-state index contributed by atoms with van der Waals surface area (Å²) in [5.41, 5.74) is 2.22. The lowest BCUT2D eigenvalue weighted by atomic mass is 9.64. The molecule has 2 unspecified atom stereocenters. The summed E-state index contributed by atoms with van der Waals surface area (Å²) in [4.78, 5) is 0. The van der Waals surface area contributed by atoms with Gasteiger partial charge in [-0.05, 0) is 55.0 Å². The summed E-state index contributed by atoms with van der Waals surface area (Å²) in [6, 6.07) is 11.1. The van der Waals surface area contributed by atoms with Crippen LogP contribution in [0.4, 0.5) is 0 Å². The zero-order chi connectivity index (χ0) is 12.4. The molecule has 1 nitrogen and oxygen atoms in total. The third kappa shape index (κ3) is 2.21. The molecular formula is C17H25N. The molecule has 0 amide bonds. The zero-order valence-corrected chi connectivity index (χ0v) is 11.5. The lowest BCUT2D eigenvalue weighted by molar-refractivity contribution is 0.0965. The maximum absolute atomic E-state index is 3.67. The van der Waals surface area contributed by atoms with Crippen molar-refractivity contribution in [3.05, 3.63) is 35.9 Å². The Morgan fingerprint density at radius 2 is 2.00 bits per heavy atom. The molecule has 0 spiro atoms. The minimum absolute atomic E-state index is 0.648. The first-order chi connectivity index (χ1) is 8.86. The number of hydrogen-bond acceptors (Lipinski definition) is 1. The lowest BCUT2D eigenvalue weighted by Crippen LogP contribution is -2.42. The first kappa shape index (κ1) is 12.2. The summed E-state index contributed by atoms with van der Waals surface area (Å²) >= 11 is 0. The third-order valence-electron chi connectivity index (χ3n) is 5.06. The highest BCUT2D eigenvalue weighted by molar-refractivity contribution is 5.28. The van der Waals surface area contributed by atoms with E-state index in [1.54, 1.807) is 5.56 Å². The van der Waals surface area contributed by atoms with E-state index in [1.165, 1.54) is 45.2 Å². The summed E-state index contributed by atoms with van der Waals surface area (Å²) in [5.74, 6) is 1.81. The number of benzene rings is 1. The maximum atomic E-state index is 3.67. The second kappa shape index (κ2) is 5.05. The molecule has 0 aliphatic heterocycles. The Bertz CT molecular complexity index is 380. The van der Waals surface area contributed by atoms with Gasteiger partial charge in [-0.2, -0.15) is 0 Å². The first-order valence-corrected chi connectivity index (χ1v) is 7.61. The van der Waals surface area contributed by atoms with Gasteiger partial charge < -0.3 is 5.32 Å². The van der Waals surface area contributed by atoms with E-state index in [0.717, 1.165) is 11.8 Å². The van der Waals surface area contributed by atoms with Crippen LogP contribution in [0.3, 0.4) is 0 Å². The van der Waals surface area contributed by atoms with E-state index in [4.69, 9.17) is 0 Å². The van der Waals surface area contributed by atoms with Gasteiger partial charge in [0.15, 0.2) is 0 Å². The van der Waals surface area contributed by atoms with E-state index < -0.39 is 0 Å². The van der Waals surface area contributed by atoms with Gasteiger partial charge in [0.1, 0.15) is 0 Å². The Morgan fingerprint density at radius 3 is 2.61 bits per heavy atom. The standard InChI is InChI=1S/C17H25N/c1-2-11-18-13-17(9-6-10-17)16-12-15(16)14-7-4-3-5-8-14/h3-5,7-8,15-16,18H,2,6,9-13H2,1H3. The van der Waals surface area contributed by atoms with Crippen LogP contribution in [-0.2, 0) is 0 Å². The van der Waals surface area contributed by atoms with E-state index >= 15 is 0 Å². The van der Waals surface area contributed by atoms with E-state index in [2.05, 4.69) is 42.6 Å². The van der Waals surface area contributed by atoms with Gasteiger partial charge in [0.05, 0.1) is 0 Å². The van der Waals surface area contributed by atoms with Crippen molar-refractivity contribution in [2.75, 3.05) is 13.1 Å². The van der Waals surface area contributed by atoms with Gasteiger partial charge in [-0.25, -0.2) is 0 Å². The fourth-order valence-corrected chi connectivity index (χ4v) is 3.76. The molecule has 1 aromatic carbocycles. The highest BCUT2D eigenvalue weighted by Gasteiger charge is 2.55. The number of rotatable bonds is 6. The van der Waals surface area contributed by atoms with Gasteiger partial charge in [-0.15, -0.1) is 0 Å². The van der Waals surface area contributed by atoms with Crippen molar-refractivity contribution in [2.45, 2.75) is 44.9 Å². The topological polar surface area (TPSA) is 12.0 Å². The zero-order valence-electron chi connectivity index (χ0n) is 11.5. The van der Waals surface area contributed by atoms with Crippen molar-refractivity contribution in [3.63, 3.8) is 0 Å². The molecule has 2 aliphatic rings. The monoisotopic (exact) mass is 243 g/mol. The molecule has 2 aliphatic carbocycles. The average molecular weight is 243 g/mol. The van der Waals surface area contributed by atoms with Crippen LogP contribution < -0.4 is 5.32 Å². The van der Waals surface area contributed by atoms with Gasteiger partial charge >= 0.3 is 0 Å². The number of nitrogens with one attached hydrogen (secondary N) is 1. The van der Waals surface area contributed by atoms with Crippen molar-refractivity contribution < 1.29 is 0 Å². The molecule has 0 heterocycles. The van der Waals surface area contributed by atoms with Crippen LogP contribution in [-0.4, -0.2) is 13.1 Å². The molecule has 3 rings (SSSR count). The Kier molecular flexibility index (Phi) is 3.43. The molecule has 98 valence electrons. The van der Waals surface area contributed by atoms with Gasteiger partial charge in [-0.1, -0.05) is 43.7 Å². The fraction of sp³-hybridized carbons (Fsp3) is 0.647. The summed E-state index contributed by atoms with van der Waals surface area (Å²) < 4.78 is 0. The first-order valence-electron chi connectivity index (χ1n) is 7.61. The predicted octanol–water partition coefficient (Wildman–Crippen LogP) is 3.96. The molecule has 0 bridgehead atoms. The SMILES string of the molecule is CCCNCC1(C2CC2c2ccccc2)CCC1. The molecule has 1 heteroatoms. The molecule has 1 N–H and O–H groups in total. The molecule has 18 heavy (non-hydrogen) atoms. The van der Waals surface area contributed by atoms with Crippen LogP contribution >= 0.6 is 0 Å². The second-order valence-corrected chi connectivity index (χ2v) is 6.25. The summed E-state index contributed by atoms with van der Waals surface area (Å²) in [5, 5.41) is 3.67. The average Bonchev–Trinajstić information content (AvgIpc) is 3.14. The normalized spacial score (nSPS) is 28.7. The van der Waals surface area contributed by atoms with Crippen LogP contribution in [0.2, 0.25) is 0 Å². The Labute approximate surface area is 111 Å². The van der Waals surface area contributed by atoms with Crippen molar-refractivity contribution >= 4 is 0 Å². The van der Waals surface area contributed by atoms with Gasteiger partial charge in [-0.3, -0.25) is 0 Å². The van der Waals surface area contributed by atoms with Crippen LogP contribution in [0.25, 0.3) is 0 Å². The van der Waals surface area contributed by atoms with Gasteiger partial charge in [0.25, 0.3) is 0 Å². The highest BCUT2D eigenvalue weighted by Crippen LogP contribution is 2.63. The molecule has 0 radical (unpaired) electrons. The Hall–Kier alpha value is -0.820. The minimum atomic E-state index is 0.648. The van der Waals surface area contributed by atoms with Crippen LogP contribution in [0.5, 0.6) is 0 Å². The molecule has 0 saturated heterocycles.